The lowest BCUT2D eigenvalue weighted by atomic mass is 9.88. The average molecular weight is 357 g/mol. The first-order chi connectivity index (χ1) is 11.5. The van der Waals surface area contributed by atoms with Crippen LogP contribution in [0.2, 0.25) is 0 Å². The van der Waals surface area contributed by atoms with Gasteiger partial charge in [-0.1, -0.05) is 12.8 Å². The molecule has 1 aliphatic carbocycles. The Hall–Kier alpha value is -0.790. The summed E-state index contributed by atoms with van der Waals surface area (Å²) in [6.45, 7) is 0. The van der Waals surface area contributed by atoms with Crippen molar-refractivity contribution < 1.29 is 9.90 Å². The zero-order chi connectivity index (χ0) is 17.5. The molecule has 0 amide bonds. The fourth-order valence-electron chi connectivity index (χ4n) is 4.03. The SMILES string of the molecule is CSCC[C@@H](C(=O)O)N(C1CCCCC(=N)N1)C1CCCCC1N. The molecule has 2 rings (SSSR count). The van der Waals surface area contributed by atoms with Gasteiger partial charge in [-0.3, -0.25) is 15.1 Å². The first kappa shape index (κ1) is 19.5. The normalized spacial score (nSPS) is 29.8. The van der Waals surface area contributed by atoms with Crippen LogP contribution < -0.4 is 11.1 Å². The maximum absolute atomic E-state index is 12.0. The Labute approximate surface area is 149 Å². The number of carboxylic acid groups (broad SMARTS) is 1. The standard InChI is InChI=1S/C17H32N4O2S/c1-24-11-10-14(17(22)23)21(13-7-3-2-6-12(13)18)16-9-5-4-8-15(19)20-16/h12-14,16H,2-11,18H2,1H3,(H2,19,20)(H,22,23)/t12?,13?,14-,16?/m0/s1. The number of rotatable bonds is 7. The Morgan fingerprint density at radius 2 is 2.08 bits per heavy atom. The molecule has 0 bridgehead atoms. The average Bonchev–Trinajstić information content (AvgIpc) is 2.76. The predicted octanol–water partition coefficient (Wildman–Crippen LogP) is 2.23. The van der Waals surface area contributed by atoms with Crippen molar-refractivity contribution in [3.63, 3.8) is 0 Å². The molecule has 4 atom stereocenters. The summed E-state index contributed by atoms with van der Waals surface area (Å²) in [6, 6.07) is -0.422. The number of nitrogens with zero attached hydrogens (tertiary/aromatic N) is 1. The molecule has 138 valence electrons. The highest BCUT2D eigenvalue weighted by Crippen LogP contribution is 2.29. The van der Waals surface area contributed by atoms with Crippen molar-refractivity contribution in [1.29, 1.82) is 5.41 Å². The molecule has 7 heteroatoms. The molecule has 6 nitrogen and oxygen atoms in total. The molecule has 0 radical (unpaired) electrons. The lowest BCUT2D eigenvalue weighted by molar-refractivity contribution is -0.147. The molecule has 3 unspecified atom stereocenters. The Morgan fingerprint density at radius 3 is 2.75 bits per heavy atom. The van der Waals surface area contributed by atoms with Crippen molar-refractivity contribution in [3.05, 3.63) is 0 Å². The largest absolute Gasteiger partial charge is 0.480 e. The molecule has 1 heterocycles. The fraction of sp³-hybridized carbons (Fsp3) is 0.882. The number of nitrogens with two attached hydrogens (primary N) is 1. The second-order valence-corrected chi connectivity index (χ2v) is 7.97. The van der Waals surface area contributed by atoms with E-state index in [2.05, 4.69) is 10.2 Å². The number of carboxylic acids is 1. The summed E-state index contributed by atoms with van der Waals surface area (Å²) in [7, 11) is 0. The van der Waals surface area contributed by atoms with Crippen LogP contribution in [0.3, 0.4) is 0 Å². The van der Waals surface area contributed by atoms with Crippen molar-refractivity contribution in [2.45, 2.75) is 82.1 Å². The lowest BCUT2D eigenvalue weighted by Crippen LogP contribution is -2.63. The highest BCUT2D eigenvalue weighted by Gasteiger charge is 2.40. The number of thioether (sulfide) groups is 1. The van der Waals surface area contributed by atoms with Crippen LogP contribution in [0.25, 0.3) is 0 Å². The summed E-state index contributed by atoms with van der Waals surface area (Å²) >= 11 is 1.68. The van der Waals surface area contributed by atoms with E-state index in [0.29, 0.717) is 12.3 Å². The molecular formula is C17H32N4O2S. The number of amidine groups is 1. The van der Waals surface area contributed by atoms with Crippen LogP contribution in [0, 0.1) is 5.41 Å². The van der Waals surface area contributed by atoms with Gasteiger partial charge in [-0.15, -0.1) is 0 Å². The van der Waals surface area contributed by atoms with E-state index in [1.165, 1.54) is 0 Å². The minimum atomic E-state index is -0.764. The Balaban J connectivity index is 2.27. The lowest BCUT2D eigenvalue weighted by Gasteiger charge is -2.45. The van der Waals surface area contributed by atoms with Gasteiger partial charge in [0.05, 0.1) is 12.0 Å². The predicted molar refractivity (Wildman–Crippen MR) is 99.6 cm³/mol. The van der Waals surface area contributed by atoms with Gasteiger partial charge < -0.3 is 16.2 Å². The monoisotopic (exact) mass is 356 g/mol. The molecule has 5 N–H and O–H groups in total. The maximum Gasteiger partial charge on any atom is 0.321 e. The van der Waals surface area contributed by atoms with E-state index in [-0.39, 0.29) is 18.2 Å². The molecule has 0 spiro atoms. The number of hydrogen-bond donors (Lipinski definition) is 4. The smallest absolute Gasteiger partial charge is 0.321 e. The highest BCUT2D eigenvalue weighted by atomic mass is 32.2. The number of hydrogen-bond acceptors (Lipinski definition) is 5. The second kappa shape index (κ2) is 9.63. The molecule has 1 saturated carbocycles. The van der Waals surface area contributed by atoms with Gasteiger partial charge in [0.2, 0.25) is 0 Å². The van der Waals surface area contributed by atoms with Crippen molar-refractivity contribution in [1.82, 2.24) is 10.2 Å². The van der Waals surface area contributed by atoms with Crippen LogP contribution in [0.1, 0.15) is 57.8 Å². The summed E-state index contributed by atoms with van der Waals surface area (Å²) in [4.78, 5) is 14.2. The van der Waals surface area contributed by atoms with Crippen LogP contribution in [0.4, 0.5) is 0 Å². The van der Waals surface area contributed by atoms with Crippen LogP contribution in [0.5, 0.6) is 0 Å². The van der Waals surface area contributed by atoms with Gasteiger partial charge in [0.15, 0.2) is 0 Å². The van der Waals surface area contributed by atoms with Gasteiger partial charge in [-0.25, -0.2) is 0 Å². The molecule has 2 fully saturated rings. The van der Waals surface area contributed by atoms with E-state index < -0.39 is 12.0 Å². The summed E-state index contributed by atoms with van der Waals surface area (Å²) in [5, 5.41) is 21.3. The summed E-state index contributed by atoms with van der Waals surface area (Å²) < 4.78 is 0. The third kappa shape index (κ3) is 5.10. The molecule has 2 aliphatic rings. The highest BCUT2D eigenvalue weighted by molar-refractivity contribution is 7.98. The summed E-state index contributed by atoms with van der Waals surface area (Å²) in [5.41, 5.74) is 6.41. The third-order valence-corrected chi connectivity index (χ3v) is 5.90. The van der Waals surface area contributed by atoms with E-state index in [0.717, 1.165) is 57.1 Å². The number of aliphatic carboxylic acids is 1. The molecule has 0 aromatic heterocycles. The van der Waals surface area contributed by atoms with Crippen molar-refractivity contribution in [3.8, 4) is 0 Å². The Kier molecular flexibility index (Phi) is 7.84. The van der Waals surface area contributed by atoms with Crippen LogP contribution in [-0.4, -0.2) is 58.1 Å². The van der Waals surface area contributed by atoms with E-state index >= 15 is 0 Å². The first-order valence-electron chi connectivity index (χ1n) is 9.13. The van der Waals surface area contributed by atoms with Gasteiger partial charge in [-0.2, -0.15) is 11.8 Å². The molecular weight excluding hydrogens is 324 g/mol. The van der Waals surface area contributed by atoms with Gasteiger partial charge in [-0.05, 0) is 50.5 Å². The topological polar surface area (TPSA) is 102 Å². The maximum atomic E-state index is 12.0. The summed E-state index contributed by atoms with van der Waals surface area (Å²) in [5.74, 6) is 0.583. The Bertz CT molecular complexity index is 435. The van der Waals surface area contributed by atoms with E-state index in [1.807, 2.05) is 6.26 Å². The van der Waals surface area contributed by atoms with Crippen LogP contribution >= 0.6 is 11.8 Å². The molecule has 1 aliphatic heterocycles. The number of nitrogens with one attached hydrogen (secondary N) is 2. The van der Waals surface area contributed by atoms with Crippen molar-refractivity contribution in [2.75, 3.05) is 12.0 Å². The Morgan fingerprint density at radius 1 is 1.38 bits per heavy atom. The van der Waals surface area contributed by atoms with Gasteiger partial charge in [0.25, 0.3) is 0 Å². The molecule has 24 heavy (non-hydrogen) atoms. The second-order valence-electron chi connectivity index (χ2n) is 6.98. The fourth-order valence-corrected chi connectivity index (χ4v) is 4.49. The molecule has 0 aromatic rings. The van der Waals surface area contributed by atoms with Gasteiger partial charge >= 0.3 is 5.97 Å². The van der Waals surface area contributed by atoms with E-state index in [9.17, 15) is 9.90 Å². The van der Waals surface area contributed by atoms with Gasteiger partial charge in [0.1, 0.15) is 6.04 Å². The van der Waals surface area contributed by atoms with Gasteiger partial charge in [0, 0.05) is 18.5 Å². The van der Waals surface area contributed by atoms with E-state index in [1.54, 1.807) is 11.8 Å². The van der Waals surface area contributed by atoms with Crippen molar-refractivity contribution >= 4 is 23.6 Å². The molecule has 0 aromatic carbocycles. The minimum absolute atomic E-state index is 0.0223. The van der Waals surface area contributed by atoms with Crippen molar-refractivity contribution in [2.24, 2.45) is 5.73 Å². The zero-order valence-corrected chi connectivity index (χ0v) is 15.5. The number of carbonyl (C=O) groups is 1. The minimum Gasteiger partial charge on any atom is -0.480 e. The summed E-state index contributed by atoms with van der Waals surface area (Å²) in [6.07, 6.45) is 10.3. The molecule has 1 saturated heterocycles. The zero-order valence-electron chi connectivity index (χ0n) is 14.7. The van der Waals surface area contributed by atoms with Crippen LogP contribution in [-0.2, 0) is 4.79 Å². The first-order valence-corrected chi connectivity index (χ1v) is 10.5. The van der Waals surface area contributed by atoms with E-state index in [4.69, 9.17) is 11.1 Å². The quantitative estimate of drug-likeness (QED) is 0.558. The third-order valence-electron chi connectivity index (χ3n) is 5.26. The van der Waals surface area contributed by atoms with Crippen LogP contribution in [0.15, 0.2) is 0 Å².